The maximum Gasteiger partial charge on any atom is 0.335 e. The van der Waals surface area contributed by atoms with Crippen molar-refractivity contribution in [1.29, 1.82) is 0 Å². The van der Waals surface area contributed by atoms with Gasteiger partial charge in [0, 0.05) is 42.7 Å². The van der Waals surface area contributed by atoms with E-state index in [4.69, 9.17) is 55.6 Å². The van der Waals surface area contributed by atoms with Gasteiger partial charge in [0.1, 0.15) is 18.3 Å². The minimum Gasteiger partial charge on any atom is -0.457 e. The zero-order chi connectivity index (χ0) is 37.4. The monoisotopic (exact) mass is 792 g/mol. The molecule has 0 radical (unpaired) electrons. The highest BCUT2D eigenvalue weighted by atomic mass is 31.2. The Hall–Kier alpha value is -1.26. The molecule has 0 spiro atoms. The van der Waals surface area contributed by atoms with Crippen molar-refractivity contribution in [1.82, 2.24) is 0 Å². The van der Waals surface area contributed by atoms with Crippen LogP contribution in [0.15, 0.2) is 0 Å². The van der Waals surface area contributed by atoms with Crippen LogP contribution in [0.4, 0.5) is 0 Å². The summed E-state index contributed by atoms with van der Waals surface area (Å²) in [6.45, 7) is 0. The summed E-state index contributed by atoms with van der Waals surface area (Å²) in [5, 5.41) is 0. The molecule has 21 heteroatoms. The van der Waals surface area contributed by atoms with Crippen LogP contribution >= 0.6 is 22.8 Å². The van der Waals surface area contributed by atoms with Crippen LogP contribution in [0.5, 0.6) is 0 Å². The smallest absolute Gasteiger partial charge is 0.335 e. The Labute approximate surface area is 298 Å². The van der Waals surface area contributed by atoms with Gasteiger partial charge in [0.2, 0.25) is 0 Å². The fourth-order valence-corrected chi connectivity index (χ4v) is 10.2. The molecule has 9 atom stereocenters. The highest BCUT2D eigenvalue weighted by Gasteiger charge is 2.47. The van der Waals surface area contributed by atoms with E-state index in [1.165, 1.54) is 42.7 Å². The average molecular weight is 793 g/mol. The third-order valence-electron chi connectivity index (χ3n) is 9.60. The van der Waals surface area contributed by atoms with Crippen molar-refractivity contribution in [2.24, 2.45) is 0 Å². The molecule has 0 aromatic rings. The maximum absolute atomic E-state index is 13.7. The number of carbonyl (C=O) groups excluding carboxylic acids is 3. The number of carbonyl (C=O) groups is 3. The molecule has 18 nitrogen and oxygen atoms in total. The van der Waals surface area contributed by atoms with E-state index in [2.05, 4.69) is 0 Å². The normalized spacial score (nSPS) is 33.3. The van der Waals surface area contributed by atoms with E-state index in [1.807, 2.05) is 0 Å². The number of hydrogen-bond donors (Lipinski definition) is 0. The summed E-state index contributed by atoms with van der Waals surface area (Å²) in [6.07, 6.45) is -8.07. The molecule has 4 aliphatic heterocycles. The molecule has 51 heavy (non-hydrogen) atoms. The number of rotatable bonds is 12. The van der Waals surface area contributed by atoms with Gasteiger partial charge in [-0.05, 0) is 57.8 Å². The summed E-state index contributed by atoms with van der Waals surface area (Å²) >= 11 is 0. The highest BCUT2D eigenvalue weighted by Crippen LogP contribution is 2.51. The quantitative estimate of drug-likeness (QED) is 0.155. The van der Waals surface area contributed by atoms with Crippen molar-refractivity contribution in [3.05, 3.63) is 0 Å². The summed E-state index contributed by atoms with van der Waals surface area (Å²) in [6, 6.07) is 0. The summed E-state index contributed by atoms with van der Waals surface area (Å²) in [5.41, 5.74) is 0. The van der Waals surface area contributed by atoms with Crippen LogP contribution in [-0.4, -0.2) is 134 Å². The Bertz CT molecular complexity index is 1160. The number of fused-ring (bicyclic) bond motifs is 6. The second kappa shape index (κ2) is 18.9. The third kappa shape index (κ3) is 11.1. The van der Waals surface area contributed by atoms with Crippen molar-refractivity contribution < 1.29 is 83.6 Å². The average Bonchev–Trinajstić information content (AvgIpc) is 3.16. The molecule has 294 valence electrons. The van der Waals surface area contributed by atoms with E-state index < -0.39 is 114 Å². The maximum atomic E-state index is 13.7. The largest absolute Gasteiger partial charge is 0.457 e. The van der Waals surface area contributed by atoms with Gasteiger partial charge in [-0.25, -0.2) is 14.4 Å². The molecule has 0 N–H and O–H groups in total. The van der Waals surface area contributed by atoms with Crippen LogP contribution in [0.25, 0.3) is 0 Å². The SMILES string of the molecule is COP(=O)(C[C@H]1OC(=O)[C@H]2CCC[C@H](O2)[C@@H](CP(=O)(OC)OC)OC(=O)[C@H]2CCC[C@H](O2)[C@@H](CP(=O)(OC)OC)OC(=O)[C@H]2CCC[C@@H]1O2)OC. The van der Waals surface area contributed by atoms with Gasteiger partial charge < -0.3 is 55.6 Å². The lowest BCUT2D eigenvalue weighted by Gasteiger charge is -2.39. The van der Waals surface area contributed by atoms with Crippen molar-refractivity contribution in [3.8, 4) is 0 Å². The molecule has 0 aliphatic carbocycles. The zero-order valence-corrected chi connectivity index (χ0v) is 32.6. The first-order valence-corrected chi connectivity index (χ1v) is 22.1. The fraction of sp³-hybridized carbons (Fsp3) is 0.900. The Kier molecular flexibility index (Phi) is 15.7. The number of ether oxygens (including phenoxy) is 6. The summed E-state index contributed by atoms with van der Waals surface area (Å²) in [5.74, 6) is -2.46. The second-order valence-corrected chi connectivity index (χ2v) is 19.6. The van der Waals surface area contributed by atoms with Crippen LogP contribution in [0, 0.1) is 0 Å². The van der Waals surface area contributed by atoms with Crippen LogP contribution in [0.3, 0.4) is 0 Å². The van der Waals surface area contributed by atoms with Crippen molar-refractivity contribution in [2.45, 2.75) is 113 Å². The number of hydrogen-bond acceptors (Lipinski definition) is 18. The molecule has 4 aliphatic rings. The second-order valence-electron chi connectivity index (χ2n) is 12.7. The van der Waals surface area contributed by atoms with Gasteiger partial charge >= 0.3 is 40.7 Å². The minimum atomic E-state index is -3.79. The van der Waals surface area contributed by atoms with Gasteiger partial charge in [-0.3, -0.25) is 13.7 Å². The Balaban J connectivity index is 1.74. The first-order chi connectivity index (χ1) is 24.2. The predicted octanol–water partition coefficient (Wildman–Crippen LogP) is 4.01. The van der Waals surface area contributed by atoms with E-state index in [0.29, 0.717) is 38.5 Å². The molecule has 6 bridgehead atoms. The fourth-order valence-electron chi connectivity index (χ4n) is 6.59. The Morgan fingerprint density at radius 3 is 0.902 bits per heavy atom. The van der Waals surface area contributed by atoms with E-state index in [9.17, 15) is 28.1 Å². The number of cyclic esters (lactones) is 3. The zero-order valence-electron chi connectivity index (χ0n) is 29.9. The topological polar surface area (TPSA) is 213 Å². The first kappa shape index (κ1) is 42.5. The van der Waals surface area contributed by atoms with Crippen molar-refractivity contribution >= 4 is 40.7 Å². The standard InChI is InChI=1S/C30H51O18P3/c1-37-49(34,38-2)16-25-19-10-7-13-23(43-19)29(32)47-27(18-51(36,41-5)42-6)21-12-9-15-24(45-21)30(33)48-26(17-50(35,39-3)40-4)20-11-8-14-22(44-20)28(31)46-25/h19-27H,7-18H2,1-6H3/t19-,20-,21-,22+,23+,24+,25+,26+,27+/m0/s1. The minimum absolute atomic E-state index is 0.239. The van der Waals surface area contributed by atoms with Gasteiger partial charge in [0.25, 0.3) is 0 Å². The van der Waals surface area contributed by atoms with E-state index in [-0.39, 0.29) is 19.3 Å². The van der Waals surface area contributed by atoms with Gasteiger partial charge in [0.05, 0.1) is 36.8 Å². The molecule has 0 amide bonds. The first-order valence-electron chi connectivity index (χ1n) is 16.9. The van der Waals surface area contributed by atoms with Crippen molar-refractivity contribution in [2.75, 3.05) is 61.1 Å². The summed E-state index contributed by atoms with van der Waals surface area (Å²) in [7, 11) is -4.19. The van der Waals surface area contributed by atoms with Crippen LogP contribution in [-0.2, 0) is 83.6 Å². The predicted molar refractivity (Wildman–Crippen MR) is 177 cm³/mol. The van der Waals surface area contributed by atoms with Crippen LogP contribution in [0.2, 0.25) is 0 Å². The van der Waals surface area contributed by atoms with Gasteiger partial charge in [0.15, 0.2) is 18.3 Å². The lowest BCUT2D eigenvalue weighted by molar-refractivity contribution is -0.205. The summed E-state index contributed by atoms with van der Waals surface area (Å²) < 4.78 is 107. The molecule has 0 aromatic carbocycles. The lowest BCUT2D eigenvalue weighted by Crippen LogP contribution is -2.50. The lowest BCUT2D eigenvalue weighted by atomic mass is 9.98. The van der Waals surface area contributed by atoms with E-state index in [1.54, 1.807) is 0 Å². The van der Waals surface area contributed by atoms with Crippen LogP contribution < -0.4 is 0 Å². The third-order valence-corrected chi connectivity index (χ3v) is 15.4. The molecule has 4 rings (SSSR count). The summed E-state index contributed by atoms with van der Waals surface area (Å²) in [4.78, 5) is 41.1. The van der Waals surface area contributed by atoms with E-state index in [0.717, 1.165) is 0 Å². The van der Waals surface area contributed by atoms with Gasteiger partial charge in [-0.2, -0.15) is 0 Å². The molecule has 0 unspecified atom stereocenters. The molecule has 0 aromatic heterocycles. The Morgan fingerprint density at radius 2 is 0.686 bits per heavy atom. The van der Waals surface area contributed by atoms with Crippen LogP contribution in [0.1, 0.15) is 57.8 Å². The van der Waals surface area contributed by atoms with Crippen molar-refractivity contribution in [3.63, 3.8) is 0 Å². The molecule has 4 fully saturated rings. The highest BCUT2D eigenvalue weighted by molar-refractivity contribution is 7.54. The number of esters is 3. The molecule has 0 saturated carbocycles. The Morgan fingerprint density at radius 1 is 0.451 bits per heavy atom. The molecular formula is C30H51O18P3. The van der Waals surface area contributed by atoms with E-state index >= 15 is 0 Å². The van der Waals surface area contributed by atoms with Gasteiger partial charge in [-0.15, -0.1) is 0 Å². The molecular weight excluding hydrogens is 741 g/mol. The van der Waals surface area contributed by atoms with Gasteiger partial charge in [-0.1, -0.05) is 0 Å². The molecule has 4 heterocycles. The molecule has 4 saturated heterocycles.